The summed E-state index contributed by atoms with van der Waals surface area (Å²) in [5.41, 5.74) is 5.39. The number of halogens is 2. The van der Waals surface area contributed by atoms with Gasteiger partial charge in [-0.15, -0.1) is 12.4 Å². The summed E-state index contributed by atoms with van der Waals surface area (Å²) in [7, 11) is 0. The van der Waals surface area contributed by atoms with Gasteiger partial charge in [-0.2, -0.15) is 0 Å². The maximum absolute atomic E-state index is 11.6. The van der Waals surface area contributed by atoms with E-state index in [0.717, 1.165) is 12.8 Å². The summed E-state index contributed by atoms with van der Waals surface area (Å²) in [6, 6.07) is 0.171. The molecule has 1 nitrogen and oxygen atoms in total. The van der Waals surface area contributed by atoms with Crippen molar-refractivity contribution in [2.24, 2.45) is 11.7 Å². The minimum absolute atomic E-state index is 0. The smallest absolute Gasteiger partial charge is 0.0937 e. The molecule has 0 bridgehead atoms. The highest BCUT2D eigenvalue weighted by atomic mass is 35.5. The molecule has 1 aliphatic carbocycles. The van der Waals surface area contributed by atoms with Gasteiger partial charge in [-0.25, -0.2) is 0 Å². The molecule has 0 aromatic heterocycles. The molecule has 0 aromatic carbocycles. The van der Waals surface area contributed by atoms with Gasteiger partial charge in [0.2, 0.25) is 0 Å². The van der Waals surface area contributed by atoms with Gasteiger partial charge in [-0.1, -0.05) is 0 Å². The standard InChI is InChI=1S/C5H10FN.ClH/c6-3-4-1-2-5(4)7;/h4-5H,1-3,7H2;1H/t4-,5-;/m1./s1. The third kappa shape index (κ3) is 1.33. The molecule has 1 fully saturated rings. The first-order valence-electron chi connectivity index (χ1n) is 2.66. The van der Waals surface area contributed by atoms with E-state index in [2.05, 4.69) is 0 Å². The summed E-state index contributed by atoms with van der Waals surface area (Å²) in [5.74, 6) is 0.194. The fourth-order valence-corrected chi connectivity index (χ4v) is 0.786. The van der Waals surface area contributed by atoms with Crippen LogP contribution in [0.15, 0.2) is 0 Å². The lowest BCUT2D eigenvalue weighted by Crippen LogP contribution is -2.40. The Labute approximate surface area is 54.9 Å². The number of rotatable bonds is 1. The predicted octanol–water partition coefficient (Wildman–Crippen LogP) is 1.11. The number of hydrogen-bond donors (Lipinski definition) is 1. The van der Waals surface area contributed by atoms with Crippen molar-refractivity contribution in [2.45, 2.75) is 18.9 Å². The average Bonchev–Trinajstić information content (AvgIpc) is 1.65. The van der Waals surface area contributed by atoms with Crippen LogP contribution in [-0.2, 0) is 0 Å². The van der Waals surface area contributed by atoms with Crippen molar-refractivity contribution in [1.82, 2.24) is 0 Å². The summed E-state index contributed by atoms with van der Waals surface area (Å²) < 4.78 is 11.6. The van der Waals surface area contributed by atoms with Gasteiger partial charge in [0.1, 0.15) is 0 Å². The fourth-order valence-electron chi connectivity index (χ4n) is 0.786. The molecule has 1 saturated carbocycles. The van der Waals surface area contributed by atoms with Crippen LogP contribution in [0.25, 0.3) is 0 Å². The Kier molecular flexibility index (Phi) is 3.33. The van der Waals surface area contributed by atoms with E-state index in [4.69, 9.17) is 5.73 Å². The maximum atomic E-state index is 11.6. The van der Waals surface area contributed by atoms with Crippen molar-refractivity contribution in [2.75, 3.05) is 6.67 Å². The van der Waals surface area contributed by atoms with Gasteiger partial charge in [0, 0.05) is 12.0 Å². The Morgan fingerprint density at radius 1 is 1.50 bits per heavy atom. The first kappa shape index (κ1) is 8.18. The first-order chi connectivity index (χ1) is 3.34. The van der Waals surface area contributed by atoms with Gasteiger partial charge < -0.3 is 5.73 Å². The van der Waals surface area contributed by atoms with Crippen molar-refractivity contribution >= 4 is 12.4 Å². The van der Waals surface area contributed by atoms with Crippen molar-refractivity contribution in [1.29, 1.82) is 0 Å². The third-order valence-electron chi connectivity index (χ3n) is 1.67. The van der Waals surface area contributed by atoms with Crippen molar-refractivity contribution in [3.63, 3.8) is 0 Å². The number of nitrogens with two attached hydrogens (primary N) is 1. The van der Waals surface area contributed by atoms with Crippen LogP contribution >= 0.6 is 12.4 Å². The second-order valence-electron chi connectivity index (χ2n) is 2.16. The van der Waals surface area contributed by atoms with Gasteiger partial charge in [0.15, 0.2) is 0 Å². The topological polar surface area (TPSA) is 26.0 Å². The SMILES string of the molecule is Cl.N[C@@H]1CC[C@@H]1CF. The molecule has 0 amide bonds. The number of alkyl halides is 1. The number of hydrogen-bond acceptors (Lipinski definition) is 1. The normalized spacial score (nSPS) is 35.2. The van der Waals surface area contributed by atoms with E-state index in [1.807, 2.05) is 0 Å². The molecular formula is C5H11ClFN. The zero-order valence-electron chi connectivity index (χ0n) is 4.64. The Morgan fingerprint density at radius 3 is 2.12 bits per heavy atom. The molecule has 1 aliphatic rings. The summed E-state index contributed by atoms with van der Waals surface area (Å²) >= 11 is 0. The second kappa shape index (κ2) is 3.25. The van der Waals surface area contributed by atoms with E-state index in [-0.39, 0.29) is 31.0 Å². The Hall–Kier alpha value is 0.180. The van der Waals surface area contributed by atoms with Crippen LogP contribution in [-0.4, -0.2) is 12.7 Å². The van der Waals surface area contributed by atoms with Crippen molar-refractivity contribution < 1.29 is 4.39 Å². The second-order valence-corrected chi connectivity index (χ2v) is 2.16. The Balaban J connectivity index is 0.000000490. The predicted molar refractivity (Wildman–Crippen MR) is 33.9 cm³/mol. The summed E-state index contributed by atoms with van der Waals surface area (Å²) in [6.45, 7) is -0.221. The highest BCUT2D eigenvalue weighted by molar-refractivity contribution is 5.85. The van der Waals surface area contributed by atoms with Crippen LogP contribution in [0.2, 0.25) is 0 Å². The molecule has 0 unspecified atom stereocenters. The zero-order valence-corrected chi connectivity index (χ0v) is 5.46. The lowest BCUT2D eigenvalue weighted by molar-refractivity contribution is 0.202. The molecule has 2 atom stereocenters. The molecule has 2 N–H and O–H groups in total. The van der Waals surface area contributed by atoms with Gasteiger partial charge in [-0.05, 0) is 12.8 Å². The highest BCUT2D eigenvalue weighted by Crippen LogP contribution is 2.25. The zero-order chi connectivity index (χ0) is 5.28. The van der Waals surface area contributed by atoms with E-state index in [1.54, 1.807) is 0 Å². The van der Waals surface area contributed by atoms with Crippen LogP contribution in [0.5, 0.6) is 0 Å². The van der Waals surface area contributed by atoms with Crippen LogP contribution in [0.1, 0.15) is 12.8 Å². The first-order valence-corrected chi connectivity index (χ1v) is 2.66. The van der Waals surface area contributed by atoms with E-state index in [0.29, 0.717) is 0 Å². The quantitative estimate of drug-likeness (QED) is 0.579. The largest absolute Gasteiger partial charge is 0.327 e. The Bertz CT molecular complexity index is 67.4. The van der Waals surface area contributed by atoms with Crippen LogP contribution in [0.4, 0.5) is 4.39 Å². The molecule has 0 saturated heterocycles. The van der Waals surface area contributed by atoms with Gasteiger partial charge in [0.05, 0.1) is 6.67 Å². The average molecular weight is 140 g/mol. The van der Waals surface area contributed by atoms with Crippen LogP contribution in [0.3, 0.4) is 0 Å². The molecule has 0 heterocycles. The molecule has 0 aliphatic heterocycles. The van der Waals surface area contributed by atoms with Gasteiger partial charge >= 0.3 is 0 Å². The van der Waals surface area contributed by atoms with Gasteiger partial charge in [-0.3, -0.25) is 4.39 Å². The van der Waals surface area contributed by atoms with Crippen molar-refractivity contribution in [3.05, 3.63) is 0 Å². The monoisotopic (exact) mass is 139 g/mol. The lowest BCUT2D eigenvalue weighted by atomic mass is 9.81. The molecular weight excluding hydrogens is 129 g/mol. The van der Waals surface area contributed by atoms with E-state index < -0.39 is 0 Å². The summed E-state index contributed by atoms with van der Waals surface area (Å²) in [6.07, 6.45) is 2.02. The third-order valence-corrected chi connectivity index (χ3v) is 1.67. The lowest BCUT2D eigenvalue weighted by Gasteiger charge is -2.30. The Morgan fingerprint density at radius 2 is 2.12 bits per heavy atom. The van der Waals surface area contributed by atoms with E-state index in [9.17, 15) is 4.39 Å². The van der Waals surface area contributed by atoms with E-state index >= 15 is 0 Å². The molecule has 0 spiro atoms. The van der Waals surface area contributed by atoms with Crippen LogP contribution < -0.4 is 5.73 Å². The van der Waals surface area contributed by atoms with Gasteiger partial charge in [0.25, 0.3) is 0 Å². The van der Waals surface area contributed by atoms with Crippen molar-refractivity contribution in [3.8, 4) is 0 Å². The minimum Gasteiger partial charge on any atom is -0.327 e. The molecule has 0 radical (unpaired) electrons. The fraction of sp³-hybridized carbons (Fsp3) is 1.00. The molecule has 50 valence electrons. The van der Waals surface area contributed by atoms with E-state index in [1.165, 1.54) is 0 Å². The molecule has 8 heavy (non-hydrogen) atoms. The summed E-state index contributed by atoms with van der Waals surface area (Å²) in [4.78, 5) is 0. The minimum atomic E-state index is -0.221. The highest BCUT2D eigenvalue weighted by Gasteiger charge is 2.26. The maximum Gasteiger partial charge on any atom is 0.0937 e. The summed E-state index contributed by atoms with van der Waals surface area (Å²) in [5, 5.41) is 0. The molecule has 3 heteroatoms. The molecule has 0 aromatic rings. The molecule has 1 rings (SSSR count). The van der Waals surface area contributed by atoms with Crippen LogP contribution in [0, 0.1) is 5.92 Å².